The molecule has 0 heterocycles. The van der Waals surface area contributed by atoms with Crippen molar-refractivity contribution in [2.24, 2.45) is 0 Å². The van der Waals surface area contributed by atoms with Crippen LogP contribution in [0, 0.1) is 0 Å². The average molecular weight is 260 g/mol. The maximum absolute atomic E-state index is 11.3. The van der Waals surface area contributed by atoms with E-state index in [9.17, 15) is 4.79 Å². The average Bonchev–Trinajstić information content (AvgIpc) is 2.34. The molecule has 0 atom stereocenters. The van der Waals surface area contributed by atoms with Gasteiger partial charge in [0, 0.05) is 6.42 Å². The zero-order valence-corrected chi connectivity index (χ0v) is 12.3. The number of unbranched alkanes of at least 4 members (excludes halogenated alkanes) is 2. The summed E-state index contributed by atoms with van der Waals surface area (Å²) in [5.41, 5.74) is -0.237. The zero-order valence-electron chi connectivity index (χ0n) is 12.3. The van der Waals surface area contributed by atoms with Crippen molar-refractivity contribution in [3.8, 4) is 0 Å². The second kappa shape index (κ2) is 10.3. The maximum atomic E-state index is 11.3. The van der Waals surface area contributed by atoms with Crippen LogP contribution in [0.15, 0.2) is 0 Å². The predicted octanol–water partition coefficient (Wildman–Crippen LogP) is 3.64. The number of esters is 1. The first kappa shape index (κ1) is 17.4. The molecule has 0 bridgehead atoms. The minimum Gasteiger partial charge on any atom is -0.466 e. The molecule has 0 aromatic rings. The van der Waals surface area contributed by atoms with Gasteiger partial charge in [-0.3, -0.25) is 4.79 Å². The van der Waals surface area contributed by atoms with Gasteiger partial charge in [-0.2, -0.15) is 0 Å². The van der Waals surface area contributed by atoms with Crippen LogP contribution < -0.4 is 0 Å². The van der Waals surface area contributed by atoms with E-state index in [0.29, 0.717) is 19.6 Å². The molecule has 0 radical (unpaired) electrons. The van der Waals surface area contributed by atoms with Crippen LogP contribution in [-0.4, -0.2) is 24.8 Å². The molecule has 0 aliphatic rings. The Balaban J connectivity index is 3.32. The van der Waals surface area contributed by atoms with Gasteiger partial charge in [0.2, 0.25) is 0 Å². The predicted molar refractivity (Wildman–Crippen MR) is 71.1 cm³/mol. The number of hydrogen-bond donors (Lipinski definition) is 0. The lowest BCUT2D eigenvalue weighted by atomic mass is 10.1. The van der Waals surface area contributed by atoms with Crippen molar-refractivity contribution < 1.29 is 19.3 Å². The highest BCUT2D eigenvalue weighted by atomic mass is 17.2. The molecule has 0 saturated heterocycles. The summed E-state index contributed by atoms with van der Waals surface area (Å²) >= 11 is 0. The second-order valence-electron chi connectivity index (χ2n) is 5.05. The highest BCUT2D eigenvalue weighted by Crippen LogP contribution is 2.13. The summed E-state index contributed by atoms with van der Waals surface area (Å²) in [5, 5.41) is 0. The number of rotatable bonds is 11. The van der Waals surface area contributed by atoms with Crippen molar-refractivity contribution in [1.29, 1.82) is 0 Å². The first-order valence-corrected chi connectivity index (χ1v) is 6.98. The Hall–Kier alpha value is -0.610. The van der Waals surface area contributed by atoms with E-state index in [1.807, 2.05) is 13.8 Å². The normalized spacial score (nSPS) is 11.6. The van der Waals surface area contributed by atoms with E-state index >= 15 is 0 Å². The van der Waals surface area contributed by atoms with E-state index in [1.54, 1.807) is 0 Å². The third-order valence-corrected chi connectivity index (χ3v) is 2.76. The summed E-state index contributed by atoms with van der Waals surface area (Å²) in [6, 6.07) is 0. The minimum atomic E-state index is -0.237. The Morgan fingerprint density at radius 1 is 1.06 bits per heavy atom. The van der Waals surface area contributed by atoms with Crippen LogP contribution in [0.2, 0.25) is 0 Å². The topological polar surface area (TPSA) is 44.8 Å². The van der Waals surface area contributed by atoms with Gasteiger partial charge < -0.3 is 4.74 Å². The largest absolute Gasteiger partial charge is 0.466 e. The highest BCUT2D eigenvalue weighted by Gasteiger charge is 2.16. The van der Waals surface area contributed by atoms with Crippen LogP contribution in [0.5, 0.6) is 0 Å². The zero-order chi connectivity index (χ0) is 13.9. The van der Waals surface area contributed by atoms with Crippen LogP contribution in [0.3, 0.4) is 0 Å². The summed E-state index contributed by atoms with van der Waals surface area (Å²) in [6.07, 6.45) is 4.94. The Morgan fingerprint density at radius 3 is 2.39 bits per heavy atom. The van der Waals surface area contributed by atoms with E-state index in [2.05, 4.69) is 13.8 Å². The van der Waals surface area contributed by atoms with Crippen molar-refractivity contribution in [1.82, 2.24) is 0 Å². The lowest BCUT2D eigenvalue weighted by Gasteiger charge is -2.21. The van der Waals surface area contributed by atoms with E-state index in [1.165, 1.54) is 0 Å². The molecule has 0 fully saturated rings. The first-order chi connectivity index (χ1) is 8.52. The summed E-state index contributed by atoms with van der Waals surface area (Å²) in [6.45, 7) is 9.15. The molecule has 0 rings (SSSR count). The van der Waals surface area contributed by atoms with Gasteiger partial charge in [0.25, 0.3) is 0 Å². The van der Waals surface area contributed by atoms with Crippen molar-refractivity contribution in [2.75, 3.05) is 13.2 Å². The summed E-state index contributed by atoms with van der Waals surface area (Å²) in [5.74, 6) is -0.113. The lowest BCUT2D eigenvalue weighted by molar-refractivity contribution is -0.353. The van der Waals surface area contributed by atoms with Crippen LogP contribution in [0.25, 0.3) is 0 Å². The standard InChI is InChI=1S/C14H28O4/c1-5-7-11-16-13(15)10-8-9-12-17-18-14(3,4)6-2/h5-12H2,1-4H3. The highest BCUT2D eigenvalue weighted by molar-refractivity contribution is 5.69. The van der Waals surface area contributed by atoms with E-state index in [4.69, 9.17) is 14.5 Å². The van der Waals surface area contributed by atoms with Gasteiger partial charge in [-0.05, 0) is 39.5 Å². The van der Waals surface area contributed by atoms with Gasteiger partial charge in [0.05, 0.1) is 18.8 Å². The third kappa shape index (κ3) is 10.5. The monoisotopic (exact) mass is 260 g/mol. The number of carbonyl (C=O) groups is 1. The molecule has 0 aliphatic heterocycles. The fraction of sp³-hybridized carbons (Fsp3) is 0.929. The van der Waals surface area contributed by atoms with E-state index in [-0.39, 0.29) is 11.6 Å². The van der Waals surface area contributed by atoms with Crippen molar-refractivity contribution in [2.45, 2.75) is 71.8 Å². The Kier molecular flexibility index (Phi) is 9.98. The van der Waals surface area contributed by atoms with E-state index < -0.39 is 0 Å². The molecule has 0 aliphatic carbocycles. The van der Waals surface area contributed by atoms with Gasteiger partial charge >= 0.3 is 5.97 Å². The lowest BCUT2D eigenvalue weighted by Crippen LogP contribution is -2.23. The van der Waals surface area contributed by atoms with Crippen molar-refractivity contribution in [3.05, 3.63) is 0 Å². The molecule has 0 unspecified atom stereocenters. The van der Waals surface area contributed by atoms with Crippen LogP contribution in [-0.2, 0) is 19.3 Å². The molecule has 0 N–H and O–H groups in total. The molecule has 0 aromatic carbocycles. The molecule has 0 amide bonds. The number of hydrogen-bond acceptors (Lipinski definition) is 4. The van der Waals surface area contributed by atoms with Crippen LogP contribution in [0.1, 0.15) is 66.2 Å². The van der Waals surface area contributed by atoms with Crippen LogP contribution >= 0.6 is 0 Å². The molecule has 0 spiro atoms. The first-order valence-electron chi connectivity index (χ1n) is 6.98. The Bertz CT molecular complexity index is 214. The molecule has 108 valence electrons. The van der Waals surface area contributed by atoms with Gasteiger partial charge in [-0.15, -0.1) is 0 Å². The van der Waals surface area contributed by atoms with Gasteiger partial charge in [0.1, 0.15) is 0 Å². The molecule has 4 nitrogen and oxygen atoms in total. The van der Waals surface area contributed by atoms with Crippen molar-refractivity contribution in [3.63, 3.8) is 0 Å². The summed E-state index contributed by atoms with van der Waals surface area (Å²) < 4.78 is 5.05. The molecular formula is C14H28O4. The molecule has 0 saturated carbocycles. The smallest absolute Gasteiger partial charge is 0.305 e. The maximum Gasteiger partial charge on any atom is 0.305 e. The SMILES string of the molecule is CCCCOC(=O)CCCCOOC(C)(C)CC. The molecular weight excluding hydrogens is 232 g/mol. The van der Waals surface area contributed by atoms with Crippen molar-refractivity contribution >= 4 is 5.97 Å². The molecule has 4 heteroatoms. The van der Waals surface area contributed by atoms with Gasteiger partial charge in [0.15, 0.2) is 0 Å². The molecule has 0 aromatic heterocycles. The second-order valence-corrected chi connectivity index (χ2v) is 5.05. The quantitative estimate of drug-likeness (QED) is 0.246. The van der Waals surface area contributed by atoms with Gasteiger partial charge in [-0.25, -0.2) is 9.78 Å². The number of ether oxygens (including phenoxy) is 1. The minimum absolute atomic E-state index is 0.113. The summed E-state index contributed by atoms with van der Waals surface area (Å²) in [7, 11) is 0. The van der Waals surface area contributed by atoms with Gasteiger partial charge in [-0.1, -0.05) is 20.3 Å². The number of carbonyl (C=O) groups excluding carboxylic acids is 1. The summed E-state index contributed by atoms with van der Waals surface area (Å²) in [4.78, 5) is 21.6. The van der Waals surface area contributed by atoms with E-state index in [0.717, 1.165) is 32.1 Å². The molecule has 18 heavy (non-hydrogen) atoms. The van der Waals surface area contributed by atoms with Crippen LogP contribution in [0.4, 0.5) is 0 Å². The fourth-order valence-electron chi connectivity index (χ4n) is 1.09. The third-order valence-electron chi connectivity index (χ3n) is 2.76. The Morgan fingerprint density at radius 2 is 1.78 bits per heavy atom. The Labute approximate surface area is 111 Å². The fourth-order valence-corrected chi connectivity index (χ4v) is 1.09.